The third-order valence-corrected chi connectivity index (χ3v) is 5.16. The molecular weight excluding hydrogens is 475 g/mol. The van der Waals surface area contributed by atoms with Crippen LogP contribution in [0.5, 0.6) is 11.5 Å². The van der Waals surface area contributed by atoms with Crippen molar-refractivity contribution in [3.8, 4) is 17.6 Å². The van der Waals surface area contributed by atoms with E-state index in [1.165, 1.54) is 42.5 Å². The van der Waals surface area contributed by atoms with Crippen LogP contribution in [0.2, 0.25) is 0 Å². The second-order valence-electron chi connectivity index (χ2n) is 7.86. The van der Waals surface area contributed by atoms with Crippen LogP contribution in [0.15, 0.2) is 78.9 Å². The number of rotatable bonds is 11. The first-order valence-electron chi connectivity index (χ1n) is 11.4. The average molecular weight is 501 g/mol. The highest BCUT2D eigenvalue weighted by atomic mass is 19.1. The molecule has 0 aliphatic rings. The summed E-state index contributed by atoms with van der Waals surface area (Å²) in [4.78, 5) is 23.9. The molecule has 3 aromatic carbocycles. The summed E-state index contributed by atoms with van der Waals surface area (Å²) < 4.78 is 25.1. The highest BCUT2D eigenvalue weighted by Gasteiger charge is 2.16. The number of benzene rings is 3. The van der Waals surface area contributed by atoms with Crippen LogP contribution in [0.4, 0.5) is 10.1 Å². The number of aromatic carboxylic acids is 1. The van der Waals surface area contributed by atoms with E-state index < -0.39 is 11.9 Å². The molecule has 1 amide bonds. The van der Waals surface area contributed by atoms with Crippen molar-refractivity contribution >= 4 is 23.6 Å². The first-order valence-corrected chi connectivity index (χ1v) is 11.4. The van der Waals surface area contributed by atoms with Crippen molar-refractivity contribution in [3.05, 3.63) is 107 Å². The van der Waals surface area contributed by atoms with Crippen LogP contribution < -0.4 is 14.8 Å². The quantitative estimate of drug-likeness (QED) is 0.196. The van der Waals surface area contributed by atoms with E-state index in [-0.39, 0.29) is 29.2 Å². The molecule has 0 saturated carbocycles. The lowest BCUT2D eigenvalue weighted by atomic mass is 10.0. The zero-order valence-electron chi connectivity index (χ0n) is 20.2. The number of ether oxygens (including phenoxy) is 2. The summed E-state index contributed by atoms with van der Waals surface area (Å²) in [6.07, 6.45) is 3.53. The molecule has 2 N–H and O–H groups in total. The summed E-state index contributed by atoms with van der Waals surface area (Å²) in [5, 5.41) is 21.3. The van der Waals surface area contributed by atoms with E-state index in [0.29, 0.717) is 30.1 Å². The number of nitrogens with one attached hydrogen (secondary N) is 1. The van der Waals surface area contributed by atoms with Gasteiger partial charge in [-0.3, -0.25) is 4.79 Å². The van der Waals surface area contributed by atoms with Gasteiger partial charge in [0.15, 0.2) is 11.5 Å². The van der Waals surface area contributed by atoms with Crippen LogP contribution in [0.3, 0.4) is 0 Å². The summed E-state index contributed by atoms with van der Waals surface area (Å²) in [7, 11) is 0. The number of carbonyl (C=O) groups is 2. The zero-order chi connectivity index (χ0) is 26.8. The summed E-state index contributed by atoms with van der Waals surface area (Å²) in [5.41, 5.74) is 2.09. The van der Waals surface area contributed by atoms with Gasteiger partial charge >= 0.3 is 5.97 Å². The molecule has 37 heavy (non-hydrogen) atoms. The number of carboxylic acids is 1. The second kappa shape index (κ2) is 12.7. The second-order valence-corrected chi connectivity index (χ2v) is 7.86. The maximum Gasteiger partial charge on any atom is 0.335 e. The number of halogens is 1. The van der Waals surface area contributed by atoms with E-state index in [2.05, 4.69) is 11.9 Å². The standard InChI is InChI=1S/C29H25FN2O5/c1-3-6-21-13-20(14-23(17-31)28(33)32-25-8-5-7-22(16-25)29(34)35)15-26(36-4-2)27(21)37-18-19-9-11-24(30)12-10-19/h3,5,7-16H,1,4,6,18H2,2H3,(H,32,33)(H,34,35)/b23-14-. The summed E-state index contributed by atoms with van der Waals surface area (Å²) in [5.74, 6) is -1.26. The molecule has 0 aliphatic carbocycles. The molecule has 3 rings (SSSR count). The van der Waals surface area contributed by atoms with E-state index in [4.69, 9.17) is 14.6 Å². The Balaban J connectivity index is 1.92. The number of amides is 1. The van der Waals surface area contributed by atoms with Crippen LogP contribution >= 0.6 is 0 Å². The van der Waals surface area contributed by atoms with Crippen molar-refractivity contribution in [2.45, 2.75) is 20.0 Å². The van der Waals surface area contributed by atoms with Crippen molar-refractivity contribution in [1.29, 1.82) is 5.26 Å². The molecule has 0 spiro atoms. The Bertz CT molecular complexity index is 1370. The van der Waals surface area contributed by atoms with Gasteiger partial charge in [-0.15, -0.1) is 6.58 Å². The molecule has 0 saturated heterocycles. The van der Waals surface area contributed by atoms with Gasteiger partial charge in [0, 0.05) is 11.3 Å². The molecule has 0 aromatic heterocycles. The lowest BCUT2D eigenvalue weighted by Crippen LogP contribution is -2.14. The zero-order valence-corrected chi connectivity index (χ0v) is 20.2. The fourth-order valence-corrected chi connectivity index (χ4v) is 3.48. The molecule has 0 bridgehead atoms. The summed E-state index contributed by atoms with van der Waals surface area (Å²) in [6, 6.07) is 17.0. The van der Waals surface area contributed by atoms with E-state index in [0.717, 1.165) is 11.1 Å². The molecule has 0 unspecified atom stereocenters. The number of nitriles is 1. The van der Waals surface area contributed by atoms with Crippen LogP contribution in [-0.2, 0) is 17.8 Å². The van der Waals surface area contributed by atoms with Crippen molar-refractivity contribution in [2.75, 3.05) is 11.9 Å². The predicted molar refractivity (Wildman–Crippen MR) is 138 cm³/mol. The highest BCUT2D eigenvalue weighted by Crippen LogP contribution is 2.35. The van der Waals surface area contributed by atoms with Crippen molar-refractivity contribution in [2.24, 2.45) is 0 Å². The Labute approximate surface area is 214 Å². The Hall–Kier alpha value is -4.90. The SMILES string of the molecule is C=CCc1cc(/C=C(/C#N)C(=O)Nc2cccc(C(=O)O)c2)cc(OCC)c1OCc1ccc(F)cc1. The Kier molecular flexibility index (Phi) is 9.17. The van der Waals surface area contributed by atoms with Crippen molar-refractivity contribution in [3.63, 3.8) is 0 Å². The molecule has 8 heteroatoms. The van der Waals surface area contributed by atoms with Gasteiger partial charge in [-0.1, -0.05) is 24.3 Å². The number of hydrogen-bond acceptors (Lipinski definition) is 5. The van der Waals surface area contributed by atoms with Gasteiger partial charge in [0.2, 0.25) is 0 Å². The number of nitrogens with zero attached hydrogens (tertiary/aromatic N) is 1. The maximum atomic E-state index is 13.2. The van der Waals surface area contributed by atoms with E-state index in [1.54, 1.807) is 30.3 Å². The topological polar surface area (TPSA) is 109 Å². The molecular formula is C29H25FN2O5. The molecule has 188 valence electrons. The normalized spacial score (nSPS) is 10.8. The van der Waals surface area contributed by atoms with Crippen molar-refractivity contribution < 1.29 is 28.6 Å². The van der Waals surface area contributed by atoms with Gasteiger partial charge in [0.25, 0.3) is 5.91 Å². The fraction of sp³-hybridized carbons (Fsp3) is 0.138. The average Bonchev–Trinajstić information content (AvgIpc) is 2.88. The van der Waals surface area contributed by atoms with Gasteiger partial charge in [0.1, 0.15) is 24.1 Å². The molecule has 0 radical (unpaired) electrons. The molecule has 0 fully saturated rings. The van der Waals surface area contributed by atoms with Gasteiger partial charge < -0.3 is 19.9 Å². The number of carbonyl (C=O) groups excluding carboxylic acids is 1. The Morgan fingerprint density at radius 3 is 2.54 bits per heavy atom. The lowest BCUT2D eigenvalue weighted by Gasteiger charge is -2.17. The Morgan fingerprint density at radius 1 is 1.14 bits per heavy atom. The van der Waals surface area contributed by atoms with Crippen LogP contribution in [0, 0.1) is 17.1 Å². The maximum absolute atomic E-state index is 13.2. The number of allylic oxidation sites excluding steroid dienone is 1. The van der Waals surface area contributed by atoms with Crippen LogP contribution in [-0.4, -0.2) is 23.6 Å². The molecule has 0 atom stereocenters. The van der Waals surface area contributed by atoms with Gasteiger partial charge in [0.05, 0.1) is 12.2 Å². The fourth-order valence-electron chi connectivity index (χ4n) is 3.48. The Morgan fingerprint density at radius 2 is 1.89 bits per heavy atom. The third kappa shape index (κ3) is 7.29. The molecule has 3 aromatic rings. The molecule has 7 nitrogen and oxygen atoms in total. The molecule has 0 heterocycles. The van der Waals surface area contributed by atoms with Crippen molar-refractivity contribution in [1.82, 2.24) is 0 Å². The predicted octanol–water partition coefficient (Wildman–Crippen LogP) is 5.78. The first kappa shape index (κ1) is 26.7. The highest BCUT2D eigenvalue weighted by molar-refractivity contribution is 6.10. The minimum absolute atomic E-state index is 0.00642. The first-order chi connectivity index (χ1) is 17.8. The van der Waals surface area contributed by atoms with E-state index in [1.807, 2.05) is 13.0 Å². The van der Waals surface area contributed by atoms with Gasteiger partial charge in [-0.2, -0.15) is 5.26 Å². The number of anilines is 1. The van der Waals surface area contributed by atoms with Gasteiger partial charge in [-0.25, -0.2) is 9.18 Å². The summed E-state index contributed by atoms with van der Waals surface area (Å²) in [6.45, 7) is 6.14. The monoisotopic (exact) mass is 500 g/mol. The third-order valence-electron chi connectivity index (χ3n) is 5.16. The number of carboxylic acid groups (broad SMARTS) is 1. The van der Waals surface area contributed by atoms with Crippen LogP contribution in [0.1, 0.15) is 34.0 Å². The minimum atomic E-state index is -1.13. The smallest absolute Gasteiger partial charge is 0.335 e. The van der Waals surface area contributed by atoms with Crippen LogP contribution in [0.25, 0.3) is 6.08 Å². The minimum Gasteiger partial charge on any atom is -0.490 e. The van der Waals surface area contributed by atoms with Gasteiger partial charge in [-0.05, 0) is 73.0 Å². The molecule has 0 aliphatic heterocycles. The van der Waals surface area contributed by atoms with E-state index >= 15 is 0 Å². The lowest BCUT2D eigenvalue weighted by molar-refractivity contribution is -0.112. The van der Waals surface area contributed by atoms with E-state index in [9.17, 15) is 19.2 Å². The summed E-state index contributed by atoms with van der Waals surface area (Å²) >= 11 is 0. The largest absolute Gasteiger partial charge is 0.490 e. The number of hydrogen-bond donors (Lipinski definition) is 2.